The molecule has 272 valence electrons. The number of carbonyl (C=O) groups is 3. The van der Waals surface area contributed by atoms with Gasteiger partial charge in [-0.25, -0.2) is 4.79 Å². The molecule has 8 nitrogen and oxygen atoms in total. The summed E-state index contributed by atoms with van der Waals surface area (Å²) in [5.74, 6) is -4.88. The van der Waals surface area contributed by atoms with Crippen LogP contribution in [0.25, 0.3) is 0 Å². The number of rotatable bonds is 8. The van der Waals surface area contributed by atoms with Gasteiger partial charge in [0.15, 0.2) is 11.4 Å². The summed E-state index contributed by atoms with van der Waals surface area (Å²) in [6.07, 6.45) is 17.0. The van der Waals surface area contributed by atoms with Crippen LogP contribution in [0.4, 0.5) is 0 Å². The molecular formula is C42H56O8. The van der Waals surface area contributed by atoms with Crippen molar-refractivity contribution in [1.29, 1.82) is 0 Å². The van der Waals surface area contributed by atoms with Crippen LogP contribution >= 0.6 is 0 Å². The number of carbonyl (C=O) groups excluding carboxylic acids is 3. The maximum Gasteiger partial charge on any atom is 0.331 e. The van der Waals surface area contributed by atoms with Gasteiger partial charge >= 0.3 is 11.9 Å². The lowest BCUT2D eigenvalue weighted by molar-refractivity contribution is -0.226. The van der Waals surface area contributed by atoms with Crippen molar-refractivity contribution in [3.8, 4) is 0 Å². The highest BCUT2D eigenvalue weighted by atomic mass is 16.6. The smallest absolute Gasteiger partial charge is 0.331 e. The molecule has 0 aromatic rings. The second-order valence-corrected chi connectivity index (χ2v) is 16.8. The zero-order valence-corrected chi connectivity index (χ0v) is 31.4. The van der Waals surface area contributed by atoms with E-state index < -0.39 is 76.3 Å². The fourth-order valence-corrected chi connectivity index (χ4v) is 10.1. The molecule has 5 aliphatic carbocycles. The minimum atomic E-state index is -1.98. The van der Waals surface area contributed by atoms with Crippen molar-refractivity contribution in [1.82, 2.24) is 0 Å². The first-order valence-corrected chi connectivity index (χ1v) is 18.0. The molecule has 0 saturated heterocycles. The molecule has 8 heteroatoms. The molecule has 50 heavy (non-hydrogen) atoms. The van der Waals surface area contributed by atoms with E-state index in [1.807, 2.05) is 39.0 Å². The lowest BCUT2D eigenvalue weighted by Gasteiger charge is -2.53. The van der Waals surface area contributed by atoms with Crippen LogP contribution in [0.1, 0.15) is 94.9 Å². The van der Waals surface area contributed by atoms with Crippen molar-refractivity contribution in [2.24, 2.45) is 34.5 Å². The number of hydrogen-bond acceptors (Lipinski definition) is 8. The van der Waals surface area contributed by atoms with Gasteiger partial charge < -0.3 is 24.8 Å². The number of aliphatic hydroxyl groups is 3. The van der Waals surface area contributed by atoms with Gasteiger partial charge in [0.2, 0.25) is 0 Å². The highest BCUT2D eigenvalue weighted by Gasteiger charge is 2.87. The predicted molar refractivity (Wildman–Crippen MR) is 192 cm³/mol. The molecule has 0 aliphatic heterocycles. The Hall–Kier alpha value is -3.33. The second-order valence-electron chi connectivity index (χ2n) is 16.8. The van der Waals surface area contributed by atoms with E-state index >= 15 is 0 Å². The molecule has 0 radical (unpaired) electrons. The van der Waals surface area contributed by atoms with E-state index in [-0.39, 0.29) is 11.8 Å². The van der Waals surface area contributed by atoms with Crippen LogP contribution in [0, 0.1) is 34.5 Å². The Bertz CT molecular complexity index is 1680. The van der Waals surface area contributed by atoms with Gasteiger partial charge in [-0.1, -0.05) is 88.3 Å². The highest BCUT2D eigenvalue weighted by Crippen LogP contribution is 2.77. The molecule has 0 amide bonds. The van der Waals surface area contributed by atoms with Gasteiger partial charge in [-0.2, -0.15) is 0 Å². The minimum Gasteiger partial charge on any atom is -0.454 e. The molecule has 0 aromatic heterocycles. The second kappa shape index (κ2) is 13.0. The fraction of sp³-hybridized carbons (Fsp3) is 0.595. The first-order valence-electron chi connectivity index (χ1n) is 18.0. The number of ketones is 1. The van der Waals surface area contributed by atoms with Crippen LogP contribution in [-0.4, -0.2) is 62.6 Å². The molecular weight excluding hydrogens is 632 g/mol. The predicted octanol–water partition coefficient (Wildman–Crippen LogP) is 6.58. The summed E-state index contributed by atoms with van der Waals surface area (Å²) in [6, 6.07) is 0. The number of hydrogen-bond donors (Lipinski definition) is 3. The van der Waals surface area contributed by atoms with Gasteiger partial charge in [0, 0.05) is 48.5 Å². The van der Waals surface area contributed by atoms with Crippen LogP contribution in [0.15, 0.2) is 82.0 Å². The summed E-state index contributed by atoms with van der Waals surface area (Å²) in [4.78, 5) is 39.6. The molecule has 0 aromatic carbocycles. The molecule has 5 aliphatic rings. The van der Waals surface area contributed by atoms with Crippen LogP contribution in [0.2, 0.25) is 0 Å². The van der Waals surface area contributed by atoms with Gasteiger partial charge in [0.1, 0.15) is 11.7 Å². The quantitative estimate of drug-likeness (QED) is 0.113. The summed E-state index contributed by atoms with van der Waals surface area (Å²) in [7, 11) is 0. The molecule has 2 fully saturated rings. The number of Topliss-reactive ketones (excluding diaryl/α,β-unsaturated/α-hetero) is 1. The SMILES string of the molecule is CC(=O)O[C@@]12[C@H](OC(=O)/C=C(C)/C=C/C=C(C)/C=C/C3=C(C)CCCC3(C)C)[C@@H](C)[C@@]3(O)[C@@H](C=C(CO)C[C@]4(O)C(=O)C(C)=C[C@@H]34)[C@@H]1C2(C)C. The van der Waals surface area contributed by atoms with E-state index in [2.05, 4.69) is 32.9 Å². The Kier molecular flexibility index (Phi) is 9.87. The first-order chi connectivity index (χ1) is 23.2. The average Bonchev–Trinajstić information content (AvgIpc) is 3.43. The lowest BCUT2D eigenvalue weighted by atomic mass is 9.59. The number of allylic oxidation sites excluding steroid dienone is 9. The Balaban J connectivity index is 1.44. The Morgan fingerprint density at radius 3 is 2.32 bits per heavy atom. The minimum absolute atomic E-state index is 0.141. The van der Waals surface area contributed by atoms with Gasteiger partial charge in [0.25, 0.3) is 0 Å². The third kappa shape index (κ3) is 5.95. The zero-order valence-electron chi connectivity index (χ0n) is 31.4. The standard InChI is InChI=1S/C42H56O8/c1-24(16-17-31-26(3)15-12-18-38(31,7)8)13-11-14-25(2)19-34(45)49-37-28(5)41(48)32(35-39(9,10)42(35,37)50-29(6)44)21-30(23-43)22-40(47)33(41)20-27(4)36(40)46/h11,13-14,16-17,19-21,28,32-33,35,37,43,47-48H,12,15,18,22-23H2,1-10H3/b14-11+,17-16+,24-13+,25-19+/t28-,32+,33-,35-,37-,40-,41-,42-/m1/s1. The monoisotopic (exact) mass is 688 g/mol. The van der Waals surface area contributed by atoms with Crippen molar-refractivity contribution in [3.63, 3.8) is 0 Å². The van der Waals surface area contributed by atoms with Crippen LogP contribution in [0.5, 0.6) is 0 Å². The number of ether oxygens (including phenoxy) is 2. The van der Waals surface area contributed by atoms with Crippen molar-refractivity contribution < 1.29 is 39.2 Å². The molecule has 0 bridgehead atoms. The van der Waals surface area contributed by atoms with Gasteiger partial charge in [-0.05, 0) is 74.7 Å². The molecule has 8 atom stereocenters. The van der Waals surface area contributed by atoms with E-state index in [0.717, 1.165) is 12.0 Å². The molecule has 5 rings (SSSR count). The largest absolute Gasteiger partial charge is 0.454 e. The average molecular weight is 689 g/mol. The van der Waals surface area contributed by atoms with Crippen molar-refractivity contribution in [2.75, 3.05) is 6.61 Å². The number of aliphatic hydroxyl groups excluding tert-OH is 1. The third-order valence-electron chi connectivity index (χ3n) is 12.6. The van der Waals surface area contributed by atoms with Gasteiger partial charge in [-0.3, -0.25) is 9.59 Å². The van der Waals surface area contributed by atoms with Crippen molar-refractivity contribution >= 4 is 17.7 Å². The Morgan fingerprint density at radius 2 is 1.70 bits per heavy atom. The van der Waals surface area contributed by atoms with E-state index in [0.29, 0.717) is 16.7 Å². The van der Waals surface area contributed by atoms with Crippen molar-refractivity contribution in [3.05, 3.63) is 82.0 Å². The van der Waals surface area contributed by atoms with Gasteiger partial charge in [0.05, 0.1) is 12.2 Å². The molecule has 2 saturated carbocycles. The lowest BCUT2D eigenvalue weighted by Crippen LogP contribution is -2.66. The van der Waals surface area contributed by atoms with Crippen molar-refractivity contribution in [2.45, 2.75) is 118 Å². The number of fused-ring (bicyclic) bond motifs is 5. The first kappa shape index (κ1) is 37.9. The maximum atomic E-state index is 13.6. The van der Waals surface area contributed by atoms with E-state index in [1.165, 1.54) is 37.0 Å². The molecule has 3 N–H and O–H groups in total. The van der Waals surface area contributed by atoms with Crippen LogP contribution in [0.3, 0.4) is 0 Å². The molecule has 0 spiro atoms. The van der Waals surface area contributed by atoms with E-state index in [4.69, 9.17) is 9.47 Å². The van der Waals surface area contributed by atoms with E-state index in [9.17, 15) is 29.7 Å². The zero-order chi connectivity index (χ0) is 37.2. The summed E-state index contributed by atoms with van der Waals surface area (Å²) in [5.41, 5.74) is -0.346. The fourth-order valence-electron chi connectivity index (χ4n) is 10.1. The van der Waals surface area contributed by atoms with Gasteiger partial charge in [-0.15, -0.1) is 0 Å². The third-order valence-corrected chi connectivity index (χ3v) is 12.6. The number of esters is 2. The normalized spacial score (nSPS) is 37.9. The molecule has 0 heterocycles. The Labute approximate surface area is 297 Å². The van der Waals surface area contributed by atoms with Crippen LogP contribution < -0.4 is 0 Å². The van der Waals surface area contributed by atoms with Crippen LogP contribution in [-0.2, 0) is 23.9 Å². The Morgan fingerprint density at radius 1 is 1.02 bits per heavy atom. The topological polar surface area (TPSA) is 130 Å². The highest BCUT2D eigenvalue weighted by molar-refractivity contribution is 6.04. The summed E-state index contributed by atoms with van der Waals surface area (Å²) in [5, 5.41) is 35.0. The summed E-state index contributed by atoms with van der Waals surface area (Å²) < 4.78 is 12.3. The summed E-state index contributed by atoms with van der Waals surface area (Å²) in [6.45, 7) is 18.7. The maximum absolute atomic E-state index is 13.6. The molecule has 0 unspecified atom stereocenters. The van der Waals surface area contributed by atoms with E-state index in [1.54, 1.807) is 32.9 Å². The summed E-state index contributed by atoms with van der Waals surface area (Å²) >= 11 is 0.